The van der Waals surface area contributed by atoms with Crippen LogP contribution in [0.25, 0.3) is 0 Å². The first-order chi connectivity index (χ1) is 9.85. The van der Waals surface area contributed by atoms with E-state index in [1.165, 1.54) is 70.8 Å². The van der Waals surface area contributed by atoms with E-state index in [1.54, 1.807) is 0 Å². The summed E-state index contributed by atoms with van der Waals surface area (Å²) in [5.41, 5.74) is 0. The zero-order valence-electron chi connectivity index (χ0n) is 14.5. The molecular weight excluding hydrogens is 246 g/mol. The van der Waals surface area contributed by atoms with Crippen molar-refractivity contribution in [1.29, 1.82) is 0 Å². The molecule has 0 heterocycles. The summed E-state index contributed by atoms with van der Waals surface area (Å²) < 4.78 is 5.71. The van der Waals surface area contributed by atoms with Crippen molar-refractivity contribution in [2.75, 3.05) is 32.8 Å². The summed E-state index contributed by atoms with van der Waals surface area (Å²) in [6, 6.07) is 0. The highest BCUT2D eigenvalue weighted by Crippen LogP contribution is 2.09. The fourth-order valence-corrected chi connectivity index (χ4v) is 2.55. The molecule has 0 saturated carbocycles. The van der Waals surface area contributed by atoms with Crippen molar-refractivity contribution in [3.05, 3.63) is 0 Å². The van der Waals surface area contributed by atoms with Crippen LogP contribution in [-0.2, 0) is 4.74 Å². The van der Waals surface area contributed by atoms with Gasteiger partial charge in [-0.15, -0.1) is 0 Å². The zero-order valence-corrected chi connectivity index (χ0v) is 14.5. The monoisotopic (exact) mass is 285 g/mol. The molecular formula is C18H39NO. The Balaban J connectivity index is 3.02. The van der Waals surface area contributed by atoms with Crippen LogP contribution in [0.1, 0.15) is 85.0 Å². The molecule has 0 fully saturated rings. The number of rotatable bonds is 16. The van der Waals surface area contributed by atoms with Crippen LogP contribution in [0.3, 0.4) is 0 Å². The van der Waals surface area contributed by atoms with Crippen molar-refractivity contribution in [3.63, 3.8) is 0 Å². The maximum Gasteiger partial charge on any atom is 0.0478 e. The molecule has 0 rings (SSSR count). The SMILES string of the molecule is CCCCCCCCCCCOCCCN(CC)CC. The molecule has 0 aromatic heterocycles. The van der Waals surface area contributed by atoms with Crippen LogP contribution < -0.4 is 0 Å². The quantitative estimate of drug-likeness (QED) is 0.358. The molecule has 0 saturated heterocycles. The lowest BCUT2D eigenvalue weighted by Gasteiger charge is -2.17. The van der Waals surface area contributed by atoms with Crippen LogP contribution in [0, 0.1) is 0 Å². The third kappa shape index (κ3) is 14.3. The third-order valence-electron chi connectivity index (χ3n) is 4.05. The van der Waals surface area contributed by atoms with Crippen molar-refractivity contribution >= 4 is 0 Å². The maximum absolute atomic E-state index is 5.71. The van der Waals surface area contributed by atoms with Gasteiger partial charge in [-0.3, -0.25) is 0 Å². The molecule has 0 aliphatic heterocycles. The molecule has 0 aromatic rings. The Kier molecular flexibility index (Phi) is 16.9. The van der Waals surface area contributed by atoms with E-state index in [-0.39, 0.29) is 0 Å². The molecule has 0 aliphatic rings. The second-order valence-electron chi connectivity index (χ2n) is 5.82. The summed E-state index contributed by atoms with van der Waals surface area (Å²) in [6.45, 7) is 12.1. The lowest BCUT2D eigenvalue weighted by atomic mass is 10.1. The predicted molar refractivity (Wildman–Crippen MR) is 90.5 cm³/mol. The van der Waals surface area contributed by atoms with Crippen LogP contribution in [0.4, 0.5) is 0 Å². The molecule has 20 heavy (non-hydrogen) atoms. The molecule has 2 nitrogen and oxygen atoms in total. The van der Waals surface area contributed by atoms with E-state index in [0.29, 0.717) is 0 Å². The Morgan fingerprint density at radius 3 is 1.65 bits per heavy atom. The van der Waals surface area contributed by atoms with Gasteiger partial charge in [0.15, 0.2) is 0 Å². The molecule has 2 heteroatoms. The van der Waals surface area contributed by atoms with Crippen molar-refractivity contribution in [2.45, 2.75) is 85.0 Å². The fourth-order valence-electron chi connectivity index (χ4n) is 2.55. The van der Waals surface area contributed by atoms with Crippen molar-refractivity contribution < 1.29 is 4.74 Å². The van der Waals surface area contributed by atoms with E-state index in [2.05, 4.69) is 25.7 Å². The van der Waals surface area contributed by atoms with Gasteiger partial charge in [-0.05, 0) is 25.9 Å². The van der Waals surface area contributed by atoms with Gasteiger partial charge in [0, 0.05) is 19.8 Å². The first-order valence-electron chi connectivity index (χ1n) is 9.15. The van der Waals surface area contributed by atoms with Crippen LogP contribution in [0.2, 0.25) is 0 Å². The Morgan fingerprint density at radius 1 is 0.600 bits per heavy atom. The summed E-state index contributed by atoms with van der Waals surface area (Å²) in [4.78, 5) is 2.46. The van der Waals surface area contributed by atoms with Gasteiger partial charge in [0.25, 0.3) is 0 Å². The number of ether oxygens (including phenoxy) is 1. The zero-order chi connectivity index (χ0) is 14.9. The minimum atomic E-state index is 0.938. The number of nitrogens with zero attached hydrogens (tertiary/aromatic N) is 1. The van der Waals surface area contributed by atoms with Gasteiger partial charge in [0.2, 0.25) is 0 Å². The van der Waals surface area contributed by atoms with Crippen molar-refractivity contribution in [1.82, 2.24) is 4.90 Å². The van der Waals surface area contributed by atoms with Gasteiger partial charge in [-0.1, -0.05) is 72.1 Å². The Labute approximate surface area is 128 Å². The molecule has 0 spiro atoms. The van der Waals surface area contributed by atoms with Crippen LogP contribution in [0.5, 0.6) is 0 Å². The molecule has 0 aliphatic carbocycles. The average molecular weight is 286 g/mol. The lowest BCUT2D eigenvalue weighted by molar-refractivity contribution is 0.118. The lowest BCUT2D eigenvalue weighted by Crippen LogP contribution is -2.24. The molecule has 0 aromatic carbocycles. The van der Waals surface area contributed by atoms with Gasteiger partial charge < -0.3 is 9.64 Å². The highest BCUT2D eigenvalue weighted by atomic mass is 16.5. The highest BCUT2D eigenvalue weighted by molar-refractivity contribution is 4.51. The van der Waals surface area contributed by atoms with E-state index in [4.69, 9.17) is 4.74 Å². The molecule has 0 radical (unpaired) electrons. The standard InChI is InChI=1S/C18H39NO/c1-4-7-8-9-10-11-12-13-14-17-20-18-15-16-19(5-2)6-3/h4-18H2,1-3H3. The minimum absolute atomic E-state index is 0.938. The molecule has 0 unspecified atom stereocenters. The summed E-state index contributed by atoms with van der Waals surface area (Å²) >= 11 is 0. The van der Waals surface area contributed by atoms with Gasteiger partial charge in [-0.2, -0.15) is 0 Å². The van der Waals surface area contributed by atoms with Crippen LogP contribution in [0.15, 0.2) is 0 Å². The smallest absolute Gasteiger partial charge is 0.0478 e. The van der Waals surface area contributed by atoms with E-state index < -0.39 is 0 Å². The maximum atomic E-state index is 5.71. The largest absolute Gasteiger partial charge is 0.381 e. The number of hydrogen-bond acceptors (Lipinski definition) is 2. The first kappa shape index (κ1) is 19.9. The Bertz CT molecular complexity index is 169. The fraction of sp³-hybridized carbons (Fsp3) is 1.00. The van der Waals surface area contributed by atoms with Crippen LogP contribution >= 0.6 is 0 Å². The summed E-state index contributed by atoms with van der Waals surface area (Å²) in [7, 11) is 0. The topological polar surface area (TPSA) is 12.5 Å². The van der Waals surface area contributed by atoms with E-state index >= 15 is 0 Å². The van der Waals surface area contributed by atoms with Gasteiger partial charge in [-0.25, -0.2) is 0 Å². The normalized spacial score (nSPS) is 11.4. The van der Waals surface area contributed by atoms with Gasteiger partial charge in [0.05, 0.1) is 0 Å². The Morgan fingerprint density at radius 2 is 1.10 bits per heavy atom. The second kappa shape index (κ2) is 17.0. The minimum Gasteiger partial charge on any atom is -0.381 e. The van der Waals surface area contributed by atoms with E-state index in [1.807, 2.05) is 0 Å². The van der Waals surface area contributed by atoms with Crippen LogP contribution in [-0.4, -0.2) is 37.7 Å². The summed E-state index contributed by atoms with van der Waals surface area (Å²) in [5.74, 6) is 0. The molecule has 0 amide bonds. The first-order valence-corrected chi connectivity index (χ1v) is 9.15. The second-order valence-corrected chi connectivity index (χ2v) is 5.82. The predicted octanol–water partition coefficient (Wildman–Crippen LogP) is 5.27. The van der Waals surface area contributed by atoms with Gasteiger partial charge >= 0.3 is 0 Å². The summed E-state index contributed by atoms with van der Waals surface area (Å²) in [5, 5.41) is 0. The van der Waals surface area contributed by atoms with Crippen molar-refractivity contribution in [2.24, 2.45) is 0 Å². The molecule has 122 valence electrons. The van der Waals surface area contributed by atoms with E-state index in [9.17, 15) is 0 Å². The number of unbranched alkanes of at least 4 members (excludes halogenated alkanes) is 8. The molecule has 0 atom stereocenters. The van der Waals surface area contributed by atoms with E-state index in [0.717, 1.165) is 26.3 Å². The average Bonchev–Trinajstić information content (AvgIpc) is 2.48. The molecule has 0 N–H and O–H groups in total. The van der Waals surface area contributed by atoms with Gasteiger partial charge in [0.1, 0.15) is 0 Å². The highest BCUT2D eigenvalue weighted by Gasteiger charge is 1.98. The molecule has 0 bridgehead atoms. The third-order valence-corrected chi connectivity index (χ3v) is 4.05. The van der Waals surface area contributed by atoms with Crippen molar-refractivity contribution in [3.8, 4) is 0 Å². The summed E-state index contributed by atoms with van der Waals surface area (Å²) in [6.07, 6.45) is 13.7. The number of hydrogen-bond donors (Lipinski definition) is 0. The Hall–Kier alpha value is -0.0800.